The van der Waals surface area contributed by atoms with Gasteiger partial charge in [0.25, 0.3) is 5.91 Å². The van der Waals surface area contributed by atoms with E-state index >= 15 is 0 Å². The van der Waals surface area contributed by atoms with Crippen molar-refractivity contribution in [2.45, 2.75) is 16.9 Å². The van der Waals surface area contributed by atoms with Crippen LogP contribution in [0.25, 0.3) is 0 Å². The number of ether oxygens (including phenoxy) is 1. The lowest BCUT2D eigenvalue weighted by Crippen LogP contribution is -2.80. The van der Waals surface area contributed by atoms with Gasteiger partial charge in [-0.25, -0.2) is 0 Å². The molecule has 0 N–H and O–H groups in total. The molecule has 0 spiro atoms. The Bertz CT molecular complexity index is 509. The average molecular weight is 304 g/mol. The summed E-state index contributed by atoms with van der Waals surface area (Å²) in [7, 11) is 0. The van der Waals surface area contributed by atoms with Crippen LogP contribution in [0, 0.1) is 0 Å². The first-order valence-electron chi connectivity index (χ1n) is 5.56. The van der Waals surface area contributed by atoms with Crippen LogP contribution in [-0.2, 0) is 9.53 Å². The Balaban J connectivity index is 1.99. The summed E-state index contributed by atoms with van der Waals surface area (Å²) in [6, 6.07) is 7.09. The maximum absolute atomic E-state index is 12.3. The number of anilines is 1. The molecule has 3 nitrogen and oxygen atoms in total. The topological polar surface area (TPSA) is 29.5 Å². The molecule has 2 atom stereocenters. The number of rotatable bonds is 1. The quantitative estimate of drug-likeness (QED) is 0.590. The predicted molar refractivity (Wildman–Crippen MR) is 74.3 cm³/mol. The highest BCUT2D eigenvalue weighted by atomic mass is 35.5. The van der Waals surface area contributed by atoms with E-state index in [9.17, 15) is 4.79 Å². The molecule has 2 fully saturated rings. The van der Waals surface area contributed by atoms with Crippen molar-refractivity contribution in [2.24, 2.45) is 0 Å². The van der Waals surface area contributed by atoms with E-state index in [0.717, 1.165) is 11.4 Å². The standard InChI is InChI=1S/C12H11Cl2NO2S/c1-11-12(14,18-7-6-17-11)10(16)15(11)9-4-2-8(13)3-5-9/h2-5H,6-7H2,1H3/t11-,12-/m1/s1. The van der Waals surface area contributed by atoms with E-state index in [0.29, 0.717) is 11.6 Å². The molecule has 0 unspecified atom stereocenters. The fourth-order valence-electron chi connectivity index (χ4n) is 2.36. The molecule has 2 aliphatic rings. The second kappa shape index (κ2) is 4.04. The molecule has 18 heavy (non-hydrogen) atoms. The van der Waals surface area contributed by atoms with Crippen molar-refractivity contribution in [3.05, 3.63) is 29.3 Å². The summed E-state index contributed by atoms with van der Waals surface area (Å²) in [6.07, 6.45) is 0. The lowest BCUT2D eigenvalue weighted by atomic mass is 9.95. The molecule has 1 amide bonds. The van der Waals surface area contributed by atoms with Crippen LogP contribution in [0.4, 0.5) is 5.69 Å². The molecule has 1 aromatic rings. The number of hydrogen-bond donors (Lipinski definition) is 0. The monoisotopic (exact) mass is 303 g/mol. The highest BCUT2D eigenvalue weighted by molar-refractivity contribution is 8.03. The third-order valence-corrected chi connectivity index (χ3v) is 5.77. The van der Waals surface area contributed by atoms with Gasteiger partial charge < -0.3 is 4.74 Å². The smallest absolute Gasteiger partial charge is 0.265 e. The number of amides is 1. The van der Waals surface area contributed by atoms with Crippen molar-refractivity contribution in [3.8, 4) is 0 Å². The third kappa shape index (κ3) is 1.46. The highest BCUT2D eigenvalue weighted by Crippen LogP contribution is 2.57. The number of benzene rings is 1. The van der Waals surface area contributed by atoms with Gasteiger partial charge in [0, 0.05) is 16.5 Å². The summed E-state index contributed by atoms with van der Waals surface area (Å²) in [4.78, 5) is 13.9. The Kier molecular flexibility index (Phi) is 2.83. The van der Waals surface area contributed by atoms with Crippen molar-refractivity contribution >= 4 is 46.6 Å². The number of carbonyl (C=O) groups excluding carboxylic acids is 1. The minimum atomic E-state index is -0.995. The highest BCUT2D eigenvalue weighted by Gasteiger charge is 2.72. The van der Waals surface area contributed by atoms with E-state index < -0.39 is 9.93 Å². The molecular weight excluding hydrogens is 293 g/mol. The van der Waals surface area contributed by atoms with Gasteiger partial charge >= 0.3 is 0 Å². The van der Waals surface area contributed by atoms with E-state index in [1.807, 2.05) is 6.92 Å². The maximum Gasteiger partial charge on any atom is 0.265 e. The van der Waals surface area contributed by atoms with E-state index in [2.05, 4.69) is 0 Å². The number of halogens is 2. The fourth-order valence-corrected chi connectivity index (χ4v) is 4.02. The van der Waals surface area contributed by atoms with Crippen molar-refractivity contribution < 1.29 is 9.53 Å². The van der Waals surface area contributed by atoms with Gasteiger partial charge in [-0.05, 0) is 31.2 Å². The summed E-state index contributed by atoms with van der Waals surface area (Å²) < 4.78 is 4.76. The molecule has 0 aliphatic carbocycles. The minimum absolute atomic E-state index is 0.126. The normalized spacial score (nSPS) is 35.1. The first kappa shape index (κ1) is 12.6. The zero-order chi connectivity index (χ0) is 13.0. The lowest BCUT2D eigenvalue weighted by Gasteiger charge is -2.60. The van der Waals surface area contributed by atoms with Crippen LogP contribution < -0.4 is 4.90 Å². The number of thioether (sulfide) groups is 1. The summed E-state index contributed by atoms with van der Waals surface area (Å²) in [5.41, 5.74) is -0.0340. The van der Waals surface area contributed by atoms with Crippen LogP contribution in [0.15, 0.2) is 24.3 Å². The van der Waals surface area contributed by atoms with Crippen LogP contribution in [-0.4, -0.2) is 28.2 Å². The van der Waals surface area contributed by atoms with E-state index in [-0.39, 0.29) is 5.91 Å². The van der Waals surface area contributed by atoms with Crippen LogP contribution in [0.5, 0.6) is 0 Å². The van der Waals surface area contributed by atoms with Gasteiger partial charge in [-0.1, -0.05) is 23.2 Å². The minimum Gasteiger partial charge on any atom is -0.351 e. The van der Waals surface area contributed by atoms with Crippen molar-refractivity contribution in [1.29, 1.82) is 0 Å². The van der Waals surface area contributed by atoms with E-state index in [4.69, 9.17) is 27.9 Å². The molecule has 2 saturated heterocycles. The van der Waals surface area contributed by atoms with Crippen molar-refractivity contribution in [3.63, 3.8) is 0 Å². The van der Waals surface area contributed by atoms with E-state index in [1.165, 1.54) is 11.8 Å². The summed E-state index contributed by atoms with van der Waals surface area (Å²) in [6.45, 7) is 2.44. The first-order valence-corrected chi connectivity index (χ1v) is 7.30. The molecule has 1 aromatic carbocycles. The van der Waals surface area contributed by atoms with Crippen LogP contribution in [0.3, 0.4) is 0 Å². The average Bonchev–Trinajstić information content (AvgIpc) is 2.36. The number of carbonyl (C=O) groups is 1. The lowest BCUT2D eigenvalue weighted by molar-refractivity contribution is -0.150. The Morgan fingerprint density at radius 1 is 1.39 bits per heavy atom. The van der Waals surface area contributed by atoms with Gasteiger partial charge in [0.15, 0.2) is 5.72 Å². The summed E-state index contributed by atoms with van der Waals surface area (Å²) in [5.74, 6) is 0.609. The molecule has 96 valence electrons. The summed E-state index contributed by atoms with van der Waals surface area (Å²) in [5, 5.41) is 0.632. The Morgan fingerprint density at radius 3 is 2.72 bits per heavy atom. The predicted octanol–water partition coefficient (Wildman–Crippen LogP) is 3.10. The van der Waals surface area contributed by atoms with Crippen LogP contribution in [0.1, 0.15) is 6.92 Å². The first-order chi connectivity index (χ1) is 8.49. The van der Waals surface area contributed by atoms with Gasteiger partial charge in [0.05, 0.1) is 6.61 Å². The number of nitrogens with zero attached hydrogens (tertiary/aromatic N) is 1. The number of β-lactam (4-membered cyclic amide) rings is 1. The molecule has 0 aromatic heterocycles. The van der Waals surface area contributed by atoms with Crippen LogP contribution in [0.2, 0.25) is 5.02 Å². The number of alkyl halides is 1. The number of fused-ring (bicyclic) bond motifs is 1. The molecule has 2 heterocycles. The molecule has 0 radical (unpaired) electrons. The second-order valence-corrected chi connectivity index (χ2v) is 6.93. The number of hydrogen-bond acceptors (Lipinski definition) is 3. The molecule has 2 aliphatic heterocycles. The molecule has 3 rings (SSSR count). The fraction of sp³-hybridized carbons (Fsp3) is 0.417. The zero-order valence-electron chi connectivity index (χ0n) is 9.65. The Hall–Kier alpha value is -0.420. The Morgan fingerprint density at radius 2 is 2.06 bits per heavy atom. The van der Waals surface area contributed by atoms with Gasteiger partial charge in [-0.15, -0.1) is 11.8 Å². The zero-order valence-corrected chi connectivity index (χ0v) is 12.0. The van der Waals surface area contributed by atoms with Crippen molar-refractivity contribution in [1.82, 2.24) is 0 Å². The molecule has 0 bridgehead atoms. The van der Waals surface area contributed by atoms with Crippen LogP contribution >= 0.6 is 35.0 Å². The van der Waals surface area contributed by atoms with Gasteiger partial charge in [-0.2, -0.15) is 0 Å². The molecule has 0 saturated carbocycles. The van der Waals surface area contributed by atoms with Crippen molar-refractivity contribution in [2.75, 3.05) is 17.3 Å². The summed E-state index contributed by atoms with van der Waals surface area (Å²) >= 11 is 13.7. The molecular formula is C12H11Cl2NO2S. The second-order valence-electron chi connectivity index (χ2n) is 4.39. The van der Waals surface area contributed by atoms with E-state index in [1.54, 1.807) is 29.2 Å². The SMILES string of the molecule is C[C@@]12OCCS[C@]1(Cl)C(=O)N2c1ccc(Cl)cc1. The maximum atomic E-state index is 12.3. The Labute approximate surface area is 119 Å². The van der Waals surface area contributed by atoms with Gasteiger partial charge in [0.1, 0.15) is 0 Å². The van der Waals surface area contributed by atoms with Gasteiger partial charge in [-0.3, -0.25) is 9.69 Å². The van der Waals surface area contributed by atoms with Gasteiger partial charge in [0.2, 0.25) is 4.21 Å². The molecule has 6 heteroatoms. The third-order valence-electron chi connectivity index (χ3n) is 3.35. The largest absolute Gasteiger partial charge is 0.351 e.